The molecule has 2 aromatic rings. The number of aromatic carboxylic acids is 1. The highest BCUT2D eigenvalue weighted by molar-refractivity contribution is 6.29. The van der Waals surface area contributed by atoms with E-state index in [0.29, 0.717) is 11.5 Å². The molecular formula is C13H10ClNO4. The summed E-state index contributed by atoms with van der Waals surface area (Å²) in [4.78, 5) is 14.9. The van der Waals surface area contributed by atoms with Crippen molar-refractivity contribution in [1.82, 2.24) is 4.98 Å². The van der Waals surface area contributed by atoms with Crippen LogP contribution in [-0.2, 0) is 0 Å². The van der Waals surface area contributed by atoms with Crippen LogP contribution in [0.1, 0.15) is 10.4 Å². The molecule has 0 saturated heterocycles. The minimum absolute atomic E-state index is 0.0618. The fraction of sp³-hybridized carbons (Fsp3) is 0.0769. The summed E-state index contributed by atoms with van der Waals surface area (Å²) in [7, 11) is 1.53. The van der Waals surface area contributed by atoms with Gasteiger partial charge in [0.1, 0.15) is 22.2 Å². The van der Waals surface area contributed by atoms with Gasteiger partial charge in [-0.25, -0.2) is 9.78 Å². The van der Waals surface area contributed by atoms with Gasteiger partial charge in [-0.2, -0.15) is 0 Å². The first kappa shape index (κ1) is 13.2. The zero-order valence-electron chi connectivity index (χ0n) is 9.96. The largest absolute Gasteiger partial charge is 0.497 e. The molecule has 98 valence electrons. The third-order valence-electron chi connectivity index (χ3n) is 2.31. The van der Waals surface area contributed by atoms with Gasteiger partial charge in [0.15, 0.2) is 0 Å². The summed E-state index contributed by atoms with van der Waals surface area (Å²) in [6.45, 7) is 0. The molecule has 0 amide bonds. The molecule has 0 aliphatic rings. The second kappa shape index (κ2) is 5.58. The quantitative estimate of drug-likeness (QED) is 0.870. The van der Waals surface area contributed by atoms with Crippen molar-refractivity contribution in [2.75, 3.05) is 7.11 Å². The fourth-order valence-electron chi connectivity index (χ4n) is 1.43. The maximum atomic E-state index is 11.1. The number of nitrogens with zero attached hydrogens (tertiary/aromatic N) is 1. The van der Waals surface area contributed by atoms with Crippen molar-refractivity contribution >= 4 is 17.6 Å². The van der Waals surface area contributed by atoms with E-state index in [4.69, 9.17) is 26.2 Å². The van der Waals surface area contributed by atoms with Crippen LogP contribution in [0.25, 0.3) is 0 Å². The van der Waals surface area contributed by atoms with Crippen LogP contribution >= 0.6 is 11.6 Å². The molecule has 0 saturated carbocycles. The predicted octanol–water partition coefficient (Wildman–Crippen LogP) is 3.23. The number of hydrogen-bond donors (Lipinski definition) is 1. The molecule has 0 atom stereocenters. The van der Waals surface area contributed by atoms with Crippen molar-refractivity contribution in [1.29, 1.82) is 0 Å². The number of pyridine rings is 1. The second-order valence-corrected chi connectivity index (χ2v) is 3.96. The number of carboxylic acid groups (broad SMARTS) is 1. The van der Waals surface area contributed by atoms with Crippen molar-refractivity contribution < 1.29 is 19.4 Å². The topological polar surface area (TPSA) is 68.7 Å². The second-order valence-electron chi connectivity index (χ2n) is 3.57. The first-order chi connectivity index (χ1) is 9.10. The Hall–Kier alpha value is -2.27. The van der Waals surface area contributed by atoms with Gasteiger partial charge in [0.25, 0.3) is 0 Å². The molecule has 6 heteroatoms. The van der Waals surface area contributed by atoms with Crippen LogP contribution in [0.2, 0.25) is 5.15 Å². The van der Waals surface area contributed by atoms with Crippen molar-refractivity contribution in [3.8, 4) is 17.4 Å². The molecule has 5 nitrogen and oxygen atoms in total. The van der Waals surface area contributed by atoms with Crippen LogP contribution in [0.4, 0.5) is 0 Å². The van der Waals surface area contributed by atoms with E-state index in [-0.39, 0.29) is 16.6 Å². The molecule has 0 unspecified atom stereocenters. The van der Waals surface area contributed by atoms with Gasteiger partial charge < -0.3 is 14.6 Å². The summed E-state index contributed by atoms with van der Waals surface area (Å²) in [6.07, 6.45) is 0. The minimum atomic E-state index is -1.14. The van der Waals surface area contributed by atoms with Crippen LogP contribution in [0.5, 0.6) is 17.4 Å². The number of halogens is 1. The summed E-state index contributed by atoms with van der Waals surface area (Å²) in [5.74, 6) is -0.191. The highest BCUT2D eigenvalue weighted by Crippen LogP contribution is 2.27. The maximum Gasteiger partial charge on any atom is 0.341 e. The number of rotatable bonds is 4. The normalized spacial score (nSPS) is 10.0. The van der Waals surface area contributed by atoms with Gasteiger partial charge >= 0.3 is 5.97 Å². The first-order valence-electron chi connectivity index (χ1n) is 5.32. The Morgan fingerprint density at radius 1 is 1.26 bits per heavy atom. The summed E-state index contributed by atoms with van der Waals surface area (Å²) in [5.41, 5.74) is -0.0628. The van der Waals surface area contributed by atoms with Gasteiger partial charge in [-0.1, -0.05) is 17.7 Å². The molecule has 2 rings (SSSR count). The van der Waals surface area contributed by atoms with Gasteiger partial charge in [0.05, 0.1) is 7.11 Å². The Morgan fingerprint density at radius 3 is 2.68 bits per heavy atom. The molecule has 1 aromatic carbocycles. The number of ether oxygens (including phenoxy) is 2. The monoisotopic (exact) mass is 279 g/mol. The van der Waals surface area contributed by atoms with Gasteiger partial charge in [-0.05, 0) is 24.3 Å². The number of hydrogen-bond acceptors (Lipinski definition) is 4. The van der Waals surface area contributed by atoms with Gasteiger partial charge in [0.2, 0.25) is 5.88 Å². The van der Waals surface area contributed by atoms with E-state index in [2.05, 4.69) is 4.98 Å². The molecule has 0 bridgehead atoms. The number of carbonyl (C=O) groups is 1. The lowest BCUT2D eigenvalue weighted by molar-refractivity contribution is 0.0693. The van der Waals surface area contributed by atoms with Gasteiger partial charge in [-0.15, -0.1) is 0 Å². The zero-order chi connectivity index (χ0) is 13.8. The molecule has 0 radical (unpaired) electrons. The fourth-order valence-corrected chi connectivity index (χ4v) is 1.57. The average molecular weight is 280 g/mol. The van der Waals surface area contributed by atoms with Crippen LogP contribution in [0, 0.1) is 0 Å². The summed E-state index contributed by atoms with van der Waals surface area (Å²) in [5, 5.41) is 9.20. The third kappa shape index (κ3) is 3.14. The van der Waals surface area contributed by atoms with Crippen molar-refractivity contribution in [3.05, 3.63) is 47.1 Å². The Bertz CT molecular complexity index is 615. The minimum Gasteiger partial charge on any atom is -0.497 e. The van der Waals surface area contributed by atoms with Crippen molar-refractivity contribution in [3.63, 3.8) is 0 Å². The van der Waals surface area contributed by atoms with Crippen LogP contribution in [-0.4, -0.2) is 23.2 Å². The third-order valence-corrected chi connectivity index (χ3v) is 2.52. The van der Waals surface area contributed by atoms with E-state index in [0.717, 1.165) is 0 Å². The predicted molar refractivity (Wildman–Crippen MR) is 69.3 cm³/mol. The number of methoxy groups -OCH3 is 1. The lowest BCUT2D eigenvalue weighted by Gasteiger charge is -2.08. The SMILES string of the molecule is COc1cccc(Oc2nc(Cl)ccc2C(=O)O)c1. The molecule has 0 fully saturated rings. The molecule has 0 aliphatic carbocycles. The summed E-state index contributed by atoms with van der Waals surface area (Å²) in [6, 6.07) is 9.48. The molecular weight excluding hydrogens is 270 g/mol. The highest BCUT2D eigenvalue weighted by atomic mass is 35.5. The molecule has 1 heterocycles. The standard InChI is InChI=1S/C13H10ClNO4/c1-18-8-3-2-4-9(7-8)19-12-10(13(16)17)5-6-11(14)15-12/h2-7H,1H3,(H,16,17). The smallest absolute Gasteiger partial charge is 0.341 e. The van der Waals surface area contributed by atoms with E-state index in [1.54, 1.807) is 24.3 Å². The van der Waals surface area contributed by atoms with E-state index in [9.17, 15) is 4.79 Å². The van der Waals surface area contributed by atoms with Crippen LogP contribution in [0.3, 0.4) is 0 Å². The van der Waals surface area contributed by atoms with Gasteiger partial charge in [0, 0.05) is 6.07 Å². The first-order valence-corrected chi connectivity index (χ1v) is 5.69. The van der Waals surface area contributed by atoms with E-state index in [1.807, 2.05) is 0 Å². The Balaban J connectivity index is 2.36. The lowest BCUT2D eigenvalue weighted by atomic mass is 10.2. The number of benzene rings is 1. The molecule has 19 heavy (non-hydrogen) atoms. The van der Waals surface area contributed by atoms with Crippen molar-refractivity contribution in [2.24, 2.45) is 0 Å². The van der Waals surface area contributed by atoms with Gasteiger partial charge in [-0.3, -0.25) is 0 Å². The summed E-state index contributed by atoms with van der Waals surface area (Å²) < 4.78 is 10.5. The highest BCUT2D eigenvalue weighted by Gasteiger charge is 2.14. The summed E-state index contributed by atoms with van der Waals surface area (Å²) >= 11 is 5.74. The van der Waals surface area contributed by atoms with Crippen LogP contribution < -0.4 is 9.47 Å². The Morgan fingerprint density at radius 2 is 2.00 bits per heavy atom. The average Bonchev–Trinajstić information content (AvgIpc) is 2.38. The van der Waals surface area contributed by atoms with E-state index >= 15 is 0 Å². The molecule has 1 N–H and O–H groups in total. The molecule has 1 aromatic heterocycles. The number of aromatic nitrogens is 1. The zero-order valence-corrected chi connectivity index (χ0v) is 10.7. The lowest BCUT2D eigenvalue weighted by Crippen LogP contribution is -2.02. The van der Waals surface area contributed by atoms with Crippen LogP contribution in [0.15, 0.2) is 36.4 Å². The Kier molecular flexibility index (Phi) is 3.87. The Labute approximate surface area is 114 Å². The van der Waals surface area contributed by atoms with E-state index in [1.165, 1.54) is 19.2 Å². The molecule has 0 spiro atoms. The molecule has 0 aliphatic heterocycles. The number of carboxylic acids is 1. The maximum absolute atomic E-state index is 11.1. The van der Waals surface area contributed by atoms with E-state index < -0.39 is 5.97 Å². The van der Waals surface area contributed by atoms with Crippen molar-refractivity contribution in [2.45, 2.75) is 0 Å².